The van der Waals surface area contributed by atoms with Crippen molar-refractivity contribution in [3.63, 3.8) is 0 Å². The molecule has 2 heterocycles. The molecule has 0 amide bonds. The largest absolute Gasteiger partial charge is 0.442 e. The molecule has 2 aliphatic heterocycles. The van der Waals surface area contributed by atoms with Gasteiger partial charge >= 0.3 is 12.5 Å². The van der Waals surface area contributed by atoms with Crippen LogP contribution in [0, 0.1) is 12.5 Å². The van der Waals surface area contributed by atoms with Gasteiger partial charge in [-0.2, -0.15) is 0 Å². The number of rotatable bonds is 4. The first-order valence-electron chi connectivity index (χ1n) is 9.63. The Hall–Kier alpha value is -4.18. The molecule has 4 nitrogen and oxygen atoms in total. The van der Waals surface area contributed by atoms with Crippen molar-refractivity contribution in [3.05, 3.63) is 132 Å². The van der Waals surface area contributed by atoms with Crippen LogP contribution in [0.4, 0.5) is 0 Å². The van der Waals surface area contributed by atoms with Crippen LogP contribution in [0.5, 0.6) is 0 Å². The molecule has 0 radical (unpaired) electrons. The highest BCUT2D eigenvalue weighted by Gasteiger charge is 2.31. The van der Waals surface area contributed by atoms with Crippen molar-refractivity contribution in [2.24, 2.45) is 0 Å². The third-order valence-electron chi connectivity index (χ3n) is 4.95. The maximum atomic E-state index is 6.13. The summed E-state index contributed by atoms with van der Waals surface area (Å²) in [5.41, 5.74) is 3.82. The smallest absolute Gasteiger partial charge is 0.305 e. The van der Waals surface area contributed by atoms with Gasteiger partial charge in [0.25, 0.3) is 0 Å². The number of hydrogen-bond donors (Lipinski definition) is 0. The number of ether oxygens (including phenoxy) is 2. The fourth-order valence-electron chi connectivity index (χ4n) is 3.49. The highest BCUT2D eigenvalue weighted by molar-refractivity contribution is 5.63. The second-order valence-electron chi connectivity index (χ2n) is 7.05. The Labute approximate surface area is 176 Å². The van der Waals surface area contributed by atoms with E-state index in [9.17, 15) is 0 Å². The molecule has 0 unspecified atom stereocenters. The maximum absolute atomic E-state index is 6.13. The van der Waals surface area contributed by atoms with E-state index in [0.29, 0.717) is 12.5 Å². The van der Waals surface area contributed by atoms with E-state index in [1.807, 2.05) is 97.3 Å². The molecule has 0 saturated carbocycles. The molecule has 0 spiro atoms. The van der Waals surface area contributed by atoms with Gasteiger partial charge in [0.15, 0.2) is 23.9 Å². The zero-order valence-electron chi connectivity index (χ0n) is 16.4. The topological polar surface area (TPSA) is 24.5 Å². The summed E-state index contributed by atoms with van der Waals surface area (Å²) < 4.78 is 15.8. The molecule has 3 aromatic rings. The fourth-order valence-corrected chi connectivity index (χ4v) is 3.49. The summed E-state index contributed by atoms with van der Waals surface area (Å²) in [7, 11) is 0. The van der Waals surface area contributed by atoms with Crippen molar-refractivity contribution in [2.75, 3.05) is 0 Å². The Morgan fingerprint density at radius 2 is 1.00 bits per heavy atom. The predicted octanol–water partition coefficient (Wildman–Crippen LogP) is 4.85. The van der Waals surface area contributed by atoms with Crippen LogP contribution in [0.1, 0.15) is 22.3 Å². The van der Waals surface area contributed by atoms with E-state index in [1.54, 1.807) is 9.15 Å². The van der Waals surface area contributed by atoms with E-state index < -0.39 is 0 Å². The van der Waals surface area contributed by atoms with Gasteiger partial charge in [-0.3, -0.25) is 0 Å². The summed E-state index contributed by atoms with van der Waals surface area (Å²) >= 11 is 0. The van der Waals surface area contributed by atoms with Crippen LogP contribution >= 0.6 is 0 Å². The zero-order valence-corrected chi connectivity index (χ0v) is 16.4. The van der Waals surface area contributed by atoms with Crippen molar-refractivity contribution >= 4 is 25.0 Å². The first-order valence-corrected chi connectivity index (χ1v) is 9.63. The summed E-state index contributed by atoms with van der Waals surface area (Å²) in [6.45, 7) is 8.18. The lowest BCUT2D eigenvalue weighted by Crippen LogP contribution is -2.13. The lowest BCUT2D eigenvalue weighted by molar-refractivity contribution is -0.448. The summed E-state index contributed by atoms with van der Waals surface area (Å²) in [6, 6.07) is 27.9. The number of nitrogens with zero attached hydrogens (tertiary/aromatic N) is 2. The molecule has 4 heteroatoms. The zero-order chi connectivity index (χ0) is 20.5. The molecule has 5 rings (SSSR count). The third kappa shape index (κ3) is 3.25. The van der Waals surface area contributed by atoms with Gasteiger partial charge in [-0.25, -0.2) is 9.15 Å². The lowest BCUT2D eigenvalue weighted by Gasteiger charge is -2.17. The van der Waals surface area contributed by atoms with Gasteiger partial charge in [0, 0.05) is 11.1 Å². The minimum absolute atomic E-state index is 0.668. The van der Waals surface area contributed by atoms with Crippen LogP contribution < -0.4 is 0 Å². The summed E-state index contributed by atoms with van der Waals surface area (Å²) in [6.07, 6.45) is 5.11. The van der Waals surface area contributed by atoms with Crippen LogP contribution in [0.3, 0.4) is 0 Å². The summed E-state index contributed by atoms with van der Waals surface area (Å²) in [5.74, 6) is 1.53. The van der Waals surface area contributed by atoms with Crippen LogP contribution in [-0.2, 0) is 9.47 Å². The SMILES string of the molecule is C=[N+]1C=C(c2ccccc2)O[C-]1c1cccc([C-]2OC(c3ccccc3)=C[N+]2=C)c1. The van der Waals surface area contributed by atoms with E-state index in [1.165, 1.54) is 0 Å². The Morgan fingerprint density at radius 1 is 0.567 bits per heavy atom. The Balaban J connectivity index is 1.37. The minimum Gasteiger partial charge on any atom is -0.442 e. The summed E-state index contributed by atoms with van der Waals surface area (Å²) in [4.78, 5) is 0. The van der Waals surface area contributed by atoms with Gasteiger partial charge in [0.2, 0.25) is 0 Å². The molecular weight excluding hydrogens is 372 g/mol. The van der Waals surface area contributed by atoms with Gasteiger partial charge in [0.05, 0.1) is 13.4 Å². The van der Waals surface area contributed by atoms with Gasteiger partial charge < -0.3 is 9.47 Å². The summed E-state index contributed by atoms with van der Waals surface area (Å²) in [5, 5.41) is 0. The second kappa shape index (κ2) is 7.33. The van der Waals surface area contributed by atoms with Crippen LogP contribution in [0.2, 0.25) is 0 Å². The highest BCUT2D eigenvalue weighted by atomic mass is 16.5. The van der Waals surface area contributed by atoms with Crippen LogP contribution in [-0.4, -0.2) is 22.6 Å². The molecular formula is C26H20N2O2. The van der Waals surface area contributed by atoms with Crippen LogP contribution in [0.25, 0.3) is 11.5 Å². The van der Waals surface area contributed by atoms with Crippen LogP contribution in [0.15, 0.2) is 97.3 Å². The number of hydrogen-bond acceptors (Lipinski definition) is 2. The normalized spacial score (nSPS) is 15.6. The average Bonchev–Trinajstić information content (AvgIpc) is 3.38. The van der Waals surface area contributed by atoms with E-state index in [2.05, 4.69) is 13.4 Å². The molecule has 0 atom stereocenters. The monoisotopic (exact) mass is 392 g/mol. The second-order valence-corrected chi connectivity index (χ2v) is 7.05. The molecule has 0 aromatic heterocycles. The molecule has 0 fully saturated rings. The van der Waals surface area contributed by atoms with Gasteiger partial charge in [-0.15, -0.1) is 24.3 Å². The Bertz CT molecular complexity index is 1090. The number of benzene rings is 3. The molecule has 146 valence electrons. The van der Waals surface area contributed by atoms with E-state index in [0.717, 1.165) is 33.8 Å². The highest BCUT2D eigenvalue weighted by Crippen LogP contribution is 2.36. The van der Waals surface area contributed by atoms with Crippen molar-refractivity contribution in [1.82, 2.24) is 0 Å². The molecule has 0 bridgehead atoms. The lowest BCUT2D eigenvalue weighted by atomic mass is 10.1. The molecule has 0 aliphatic carbocycles. The fraction of sp³-hybridized carbons (Fsp3) is 0. The van der Waals surface area contributed by atoms with Gasteiger partial charge in [-0.1, -0.05) is 60.7 Å². The van der Waals surface area contributed by atoms with Gasteiger partial charge in [-0.05, 0) is 11.1 Å². The maximum Gasteiger partial charge on any atom is 0.305 e. The molecule has 3 aromatic carbocycles. The Kier molecular flexibility index (Phi) is 4.37. The van der Waals surface area contributed by atoms with E-state index in [4.69, 9.17) is 9.47 Å². The van der Waals surface area contributed by atoms with E-state index in [-0.39, 0.29) is 0 Å². The molecule has 0 saturated heterocycles. The average molecular weight is 392 g/mol. The Morgan fingerprint density at radius 3 is 1.43 bits per heavy atom. The first-order chi connectivity index (χ1) is 14.7. The quantitative estimate of drug-likeness (QED) is 0.469. The standard InChI is InChI=1S/C26H20N2O2/c1-27-17-23(19-10-5-3-6-11-19)29-25(27)21-14-9-15-22(16-21)26-28(2)18-24(30-26)20-12-7-4-8-13-20/h3-18H,1-2H2. The van der Waals surface area contributed by atoms with Gasteiger partial charge in [0.1, 0.15) is 0 Å². The van der Waals surface area contributed by atoms with Crippen molar-refractivity contribution in [3.8, 4) is 0 Å². The van der Waals surface area contributed by atoms with Crippen molar-refractivity contribution in [2.45, 2.75) is 0 Å². The molecule has 0 N–H and O–H groups in total. The first kappa shape index (κ1) is 17.9. The molecule has 2 aliphatic rings. The van der Waals surface area contributed by atoms with Crippen molar-refractivity contribution in [1.29, 1.82) is 0 Å². The van der Waals surface area contributed by atoms with E-state index >= 15 is 0 Å². The minimum atomic E-state index is 0.668. The molecule has 30 heavy (non-hydrogen) atoms. The predicted molar refractivity (Wildman–Crippen MR) is 117 cm³/mol. The van der Waals surface area contributed by atoms with Crippen molar-refractivity contribution < 1.29 is 18.6 Å². The third-order valence-corrected chi connectivity index (χ3v) is 4.95.